The van der Waals surface area contributed by atoms with Crippen LogP contribution in [-0.2, 0) is 25.8 Å². The maximum absolute atomic E-state index is 6.21. The Bertz CT molecular complexity index is 216. The molecule has 0 aliphatic rings. The second-order valence-corrected chi connectivity index (χ2v) is 15.1. The third-order valence-corrected chi connectivity index (χ3v) is 5.86. The largest absolute Gasteiger partial charge is 4.00 e. The first-order valence-electron chi connectivity index (χ1n) is 6.51. The summed E-state index contributed by atoms with van der Waals surface area (Å²) in [5.41, 5.74) is 18.6. The molecule has 1 aromatic carbocycles. The van der Waals surface area contributed by atoms with Crippen LogP contribution in [0, 0.1) is 0 Å². The van der Waals surface area contributed by atoms with Crippen molar-refractivity contribution < 1.29 is 25.8 Å². The SMILES string of the molecule is CC[NH-].CC[NH-].CC[NH-].[CH3][Ge]([CH3])([CH3])[c-]1cccc1.[Hf+4]. The molecule has 0 aromatic heterocycles. The predicted octanol–water partition coefficient (Wildman–Crippen LogP) is 5.12. The van der Waals surface area contributed by atoms with Gasteiger partial charge >= 0.3 is 85.0 Å². The van der Waals surface area contributed by atoms with Crippen LogP contribution in [0.2, 0.25) is 17.3 Å². The van der Waals surface area contributed by atoms with Crippen LogP contribution in [0.25, 0.3) is 17.2 Å². The van der Waals surface area contributed by atoms with Gasteiger partial charge in [0, 0.05) is 0 Å². The third kappa shape index (κ3) is 27.7. The molecule has 0 heterocycles. The molecular formula is C14H31GeHfN3. The normalized spacial score (nSPS) is 8.47. The van der Waals surface area contributed by atoms with Gasteiger partial charge in [0.1, 0.15) is 0 Å². The average molecular weight is 493 g/mol. The van der Waals surface area contributed by atoms with Crippen molar-refractivity contribution in [1.82, 2.24) is 0 Å². The molecule has 1 aromatic rings. The van der Waals surface area contributed by atoms with Gasteiger partial charge in [0.15, 0.2) is 0 Å². The topological polar surface area (TPSA) is 71.4 Å². The van der Waals surface area contributed by atoms with E-state index in [0.717, 1.165) is 0 Å². The van der Waals surface area contributed by atoms with Gasteiger partial charge in [-0.15, -0.1) is 0 Å². The predicted molar refractivity (Wildman–Crippen MR) is 89.6 cm³/mol. The molecule has 0 fully saturated rings. The van der Waals surface area contributed by atoms with Crippen LogP contribution in [0.4, 0.5) is 0 Å². The molecule has 1 rings (SSSR count). The van der Waals surface area contributed by atoms with Crippen molar-refractivity contribution in [2.24, 2.45) is 0 Å². The molecular weight excluding hydrogens is 461 g/mol. The first-order chi connectivity index (χ1) is 8.35. The maximum Gasteiger partial charge on any atom is 4.00 e. The van der Waals surface area contributed by atoms with Gasteiger partial charge in [0.2, 0.25) is 0 Å². The van der Waals surface area contributed by atoms with Gasteiger partial charge in [-0.25, -0.2) is 0 Å². The van der Waals surface area contributed by atoms with E-state index in [-0.39, 0.29) is 25.8 Å². The Kier molecular flexibility index (Phi) is 30.8. The Hall–Kier alpha value is 0.643. The summed E-state index contributed by atoms with van der Waals surface area (Å²) in [6, 6.07) is 8.76. The summed E-state index contributed by atoms with van der Waals surface area (Å²) in [6.07, 6.45) is 0. The Balaban J connectivity index is -0.0000000956. The molecule has 0 saturated heterocycles. The second-order valence-electron chi connectivity index (χ2n) is 4.48. The van der Waals surface area contributed by atoms with E-state index in [1.54, 1.807) is 25.2 Å². The molecule has 3 nitrogen and oxygen atoms in total. The van der Waals surface area contributed by atoms with Gasteiger partial charge < -0.3 is 17.2 Å². The van der Waals surface area contributed by atoms with E-state index < -0.39 is 13.3 Å². The zero-order chi connectivity index (χ0) is 15.0. The maximum atomic E-state index is 6.21. The second kappa shape index (κ2) is 21.0. The molecule has 0 bridgehead atoms. The van der Waals surface area contributed by atoms with Crippen LogP contribution >= 0.6 is 0 Å². The van der Waals surface area contributed by atoms with Crippen molar-refractivity contribution in [2.75, 3.05) is 19.6 Å². The zero-order valence-electron chi connectivity index (χ0n) is 13.4. The van der Waals surface area contributed by atoms with Gasteiger partial charge in [-0.3, -0.25) is 0 Å². The van der Waals surface area contributed by atoms with Crippen molar-refractivity contribution in [1.29, 1.82) is 0 Å². The fourth-order valence-corrected chi connectivity index (χ4v) is 3.38. The quantitative estimate of drug-likeness (QED) is 0.386. The van der Waals surface area contributed by atoms with E-state index in [0.29, 0.717) is 19.6 Å². The first kappa shape index (κ1) is 27.9. The number of hydrogen-bond acceptors (Lipinski definition) is 0. The zero-order valence-corrected chi connectivity index (χ0v) is 19.1. The fraction of sp³-hybridized carbons (Fsp3) is 0.643. The molecule has 3 N–H and O–H groups in total. The monoisotopic (exact) mass is 495 g/mol. The molecule has 0 aliphatic heterocycles. The minimum atomic E-state index is -1.44. The Morgan fingerprint density at radius 3 is 1.11 bits per heavy atom. The molecule has 0 aliphatic carbocycles. The molecule has 0 atom stereocenters. The summed E-state index contributed by atoms with van der Waals surface area (Å²) in [7, 11) is 0. The van der Waals surface area contributed by atoms with E-state index in [1.165, 1.54) is 0 Å². The Morgan fingerprint density at radius 1 is 0.789 bits per heavy atom. The number of rotatable bonds is 1. The summed E-state index contributed by atoms with van der Waals surface area (Å²) in [6.45, 7) is 6.88. The van der Waals surface area contributed by atoms with E-state index in [1.807, 2.05) is 0 Å². The van der Waals surface area contributed by atoms with Crippen molar-refractivity contribution >= 4 is 17.7 Å². The van der Waals surface area contributed by atoms with E-state index in [4.69, 9.17) is 17.2 Å². The van der Waals surface area contributed by atoms with Crippen LogP contribution in [0.3, 0.4) is 0 Å². The average Bonchev–Trinajstić information content (AvgIpc) is 2.72. The molecule has 110 valence electrons. The molecule has 19 heavy (non-hydrogen) atoms. The van der Waals surface area contributed by atoms with E-state index in [2.05, 4.69) is 41.5 Å². The van der Waals surface area contributed by atoms with Gasteiger partial charge in [-0.2, -0.15) is 19.6 Å². The third-order valence-electron chi connectivity index (χ3n) is 1.53. The van der Waals surface area contributed by atoms with Crippen LogP contribution in [-0.4, -0.2) is 32.9 Å². The van der Waals surface area contributed by atoms with Crippen LogP contribution in [0.5, 0.6) is 0 Å². The van der Waals surface area contributed by atoms with Gasteiger partial charge in [0.25, 0.3) is 0 Å². The van der Waals surface area contributed by atoms with Gasteiger partial charge in [0.05, 0.1) is 0 Å². The van der Waals surface area contributed by atoms with E-state index >= 15 is 0 Å². The summed E-state index contributed by atoms with van der Waals surface area (Å²) in [5, 5.41) is 0. The Morgan fingerprint density at radius 2 is 1.00 bits per heavy atom. The van der Waals surface area contributed by atoms with Gasteiger partial charge in [-0.05, 0) is 0 Å². The molecule has 0 spiro atoms. The van der Waals surface area contributed by atoms with Crippen molar-refractivity contribution in [3.63, 3.8) is 0 Å². The molecule has 5 heteroatoms. The minimum absolute atomic E-state index is 0. The smallest absolute Gasteiger partial charge is 4.00 e. The summed E-state index contributed by atoms with van der Waals surface area (Å²) < 4.78 is 1.61. The molecule has 0 unspecified atom stereocenters. The van der Waals surface area contributed by atoms with E-state index in [9.17, 15) is 0 Å². The van der Waals surface area contributed by atoms with Crippen LogP contribution in [0.1, 0.15) is 20.8 Å². The van der Waals surface area contributed by atoms with Crippen molar-refractivity contribution in [2.45, 2.75) is 38.0 Å². The van der Waals surface area contributed by atoms with Crippen molar-refractivity contribution in [3.8, 4) is 0 Å². The van der Waals surface area contributed by atoms with Crippen LogP contribution < -0.4 is 4.40 Å². The molecule has 0 radical (unpaired) electrons. The Labute approximate surface area is 142 Å². The summed E-state index contributed by atoms with van der Waals surface area (Å²) >= 11 is -1.44. The van der Waals surface area contributed by atoms with Crippen LogP contribution in [0.15, 0.2) is 24.3 Å². The van der Waals surface area contributed by atoms with Gasteiger partial charge in [-0.1, -0.05) is 20.8 Å². The standard InChI is InChI=1S/C8H13Ge.3C2H6N.Hf/c1-9(2,3)8-6-4-5-7-8;3*1-2-3;/h4-7H,1-3H3;3*3H,2H2,1H3;/q4*-1;+4. The first-order valence-corrected chi connectivity index (χ1v) is 13.9. The molecule has 0 amide bonds. The summed E-state index contributed by atoms with van der Waals surface area (Å²) in [5.74, 6) is 7.24. The number of hydrogen-bond donors (Lipinski definition) is 0. The summed E-state index contributed by atoms with van der Waals surface area (Å²) in [4.78, 5) is 0. The molecule has 0 saturated carbocycles. The minimum Gasteiger partial charge on any atom is 4.00 e. The number of nitrogens with one attached hydrogen (secondary N) is 3. The fourth-order valence-electron chi connectivity index (χ4n) is 0.874. The van der Waals surface area contributed by atoms with Crippen molar-refractivity contribution in [3.05, 3.63) is 41.5 Å².